The van der Waals surface area contributed by atoms with Gasteiger partial charge >= 0.3 is 0 Å². The number of halogens is 1. The molecule has 138 valence electrons. The number of piperidine rings is 1. The number of likely N-dealkylation sites (tertiary alicyclic amines) is 1. The van der Waals surface area contributed by atoms with Gasteiger partial charge in [0, 0.05) is 17.8 Å². The number of rotatable bonds is 5. The maximum Gasteiger partial charge on any atom is 0.171 e. The van der Waals surface area contributed by atoms with Crippen LogP contribution in [0, 0.1) is 12.7 Å². The van der Waals surface area contributed by atoms with Gasteiger partial charge in [-0.3, -0.25) is 0 Å². The summed E-state index contributed by atoms with van der Waals surface area (Å²) in [5.74, 6) is -0.232. The summed E-state index contributed by atoms with van der Waals surface area (Å²) in [5, 5.41) is 6.69. The second-order valence-electron chi connectivity index (χ2n) is 7.08. The lowest BCUT2D eigenvalue weighted by Crippen LogP contribution is -3.11. The molecule has 0 saturated carbocycles. The number of thiocarbonyl (C=S) groups is 1. The molecule has 3 rings (SSSR count). The highest BCUT2D eigenvalue weighted by Gasteiger charge is 2.13. The van der Waals surface area contributed by atoms with Crippen LogP contribution in [0.3, 0.4) is 0 Å². The molecule has 3 nitrogen and oxygen atoms in total. The zero-order chi connectivity index (χ0) is 18.4. The van der Waals surface area contributed by atoms with Crippen LogP contribution in [0.4, 0.5) is 10.1 Å². The van der Waals surface area contributed by atoms with Crippen LogP contribution in [0.5, 0.6) is 0 Å². The Bertz CT molecular complexity index is 739. The van der Waals surface area contributed by atoms with Gasteiger partial charge in [-0.1, -0.05) is 30.3 Å². The van der Waals surface area contributed by atoms with Crippen molar-refractivity contribution in [2.75, 3.05) is 18.4 Å². The number of anilines is 1. The fraction of sp³-hybridized carbons (Fsp3) is 0.381. The molecule has 2 aromatic carbocycles. The Labute approximate surface area is 160 Å². The number of hydrogen-bond donors (Lipinski definition) is 3. The molecule has 0 bridgehead atoms. The smallest absolute Gasteiger partial charge is 0.171 e. The minimum absolute atomic E-state index is 0.232. The molecule has 0 unspecified atom stereocenters. The van der Waals surface area contributed by atoms with E-state index in [1.165, 1.54) is 49.5 Å². The molecule has 0 aromatic heterocycles. The standard InChI is InChI=1S/C21H26FN3S/c1-16-5-10-19(13-20(16)22)24-21(26)23-14-17-6-8-18(9-7-17)15-25-11-3-2-4-12-25/h5-10,13H,2-4,11-12,14-15H2,1H3,(H2,23,24,26)/p+1. The van der Waals surface area contributed by atoms with Gasteiger partial charge in [0.05, 0.1) is 13.1 Å². The monoisotopic (exact) mass is 372 g/mol. The Hall–Kier alpha value is -1.98. The van der Waals surface area contributed by atoms with Crippen LogP contribution in [0.15, 0.2) is 42.5 Å². The Kier molecular flexibility index (Phi) is 6.58. The molecule has 1 aliphatic rings. The van der Waals surface area contributed by atoms with Crippen LogP contribution in [0.25, 0.3) is 0 Å². The van der Waals surface area contributed by atoms with Crippen LogP contribution < -0.4 is 15.5 Å². The lowest BCUT2D eigenvalue weighted by Gasteiger charge is -2.23. The zero-order valence-electron chi connectivity index (χ0n) is 15.3. The van der Waals surface area contributed by atoms with E-state index in [-0.39, 0.29) is 5.82 Å². The first-order chi connectivity index (χ1) is 12.6. The molecule has 1 saturated heterocycles. The van der Waals surface area contributed by atoms with E-state index in [2.05, 4.69) is 34.9 Å². The molecule has 3 N–H and O–H groups in total. The van der Waals surface area contributed by atoms with Crippen molar-refractivity contribution in [1.29, 1.82) is 0 Å². The van der Waals surface area contributed by atoms with Crippen LogP contribution in [0.1, 0.15) is 36.0 Å². The van der Waals surface area contributed by atoms with E-state index >= 15 is 0 Å². The van der Waals surface area contributed by atoms with Gasteiger partial charge in [-0.15, -0.1) is 0 Å². The molecule has 26 heavy (non-hydrogen) atoms. The van der Waals surface area contributed by atoms with Crippen molar-refractivity contribution < 1.29 is 9.29 Å². The molecule has 0 aliphatic carbocycles. The van der Waals surface area contributed by atoms with Crippen molar-refractivity contribution >= 4 is 23.0 Å². The lowest BCUT2D eigenvalue weighted by atomic mass is 10.1. The fourth-order valence-electron chi connectivity index (χ4n) is 3.32. The first-order valence-corrected chi connectivity index (χ1v) is 9.73. The predicted octanol–water partition coefficient (Wildman–Crippen LogP) is 3.19. The van der Waals surface area contributed by atoms with E-state index < -0.39 is 0 Å². The average Bonchev–Trinajstić information content (AvgIpc) is 2.65. The summed E-state index contributed by atoms with van der Waals surface area (Å²) in [6.07, 6.45) is 4.09. The molecule has 0 amide bonds. The highest BCUT2D eigenvalue weighted by atomic mass is 32.1. The van der Waals surface area contributed by atoms with Gasteiger partial charge in [-0.25, -0.2) is 4.39 Å². The zero-order valence-corrected chi connectivity index (χ0v) is 16.1. The highest BCUT2D eigenvalue weighted by molar-refractivity contribution is 7.80. The topological polar surface area (TPSA) is 28.5 Å². The molecule has 5 heteroatoms. The summed E-state index contributed by atoms with van der Waals surface area (Å²) >= 11 is 5.30. The summed E-state index contributed by atoms with van der Waals surface area (Å²) in [6.45, 7) is 6.10. The van der Waals surface area contributed by atoms with Crippen LogP contribution in [-0.2, 0) is 13.1 Å². The van der Waals surface area contributed by atoms with Gasteiger partial charge in [0.2, 0.25) is 0 Å². The Morgan fingerprint density at radius 3 is 2.42 bits per heavy atom. The molecule has 1 aliphatic heterocycles. The van der Waals surface area contributed by atoms with E-state index in [4.69, 9.17) is 12.2 Å². The number of aryl methyl sites for hydroxylation is 1. The van der Waals surface area contributed by atoms with Crippen LogP contribution in [-0.4, -0.2) is 18.2 Å². The largest absolute Gasteiger partial charge is 0.358 e. The lowest BCUT2D eigenvalue weighted by molar-refractivity contribution is -0.918. The van der Waals surface area contributed by atoms with Crippen LogP contribution >= 0.6 is 12.2 Å². The minimum atomic E-state index is -0.232. The van der Waals surface area contributed by atoms with E-state index in [0.717, 1.165) is 6.54 Å². The van der Waals surface area contributed by atoms with E-state index in [0.29, 0.717) is 22.9 Å². The maximum atomic E-state index is 13.6. The van der Waals surface area contributed by atoms with Gasteiger partial charge in [0.15, 0.2) is 5.11 Å². The second kappa shape index (κ2) is 9.10. The molecular weight excluding hydrogens is 345 g/mol. The van der Waals surface area contributed by atoms with E-state index in [9.17, 15) is 4.39 Å². The third-order valence-electron chi connectivity index (χ3n) is 4.92. The van der Waals surface area contributed by atoms with Gasteiger partial charge in [0.1, 0.15) is 12.4 Å². The van der Waals surface area contributed by atoms with Gasteiger partial charge in [-0.05, 0) is 61.7 Å². The van der Waals surface area contributed by atoms with Crippen molar-refractivity contribution in [2.45, 2.75) is 39.3 Å². The normalized spacial score (nSPS) is 14.8. The molecule has 0 atom stereocenters. The fourth-order valence-corrected chi connectivity index (χ4v) is 3.51. The van der Waals surface area contributed by atoms with Crippen molar-refractivity contribution in [3.05, 3.63) is 65.0 Å². The SMILES string of the molecule is Cc1ccc(NC(=S)NCc2ccc(C[NH+]3CCCCC3)cc2)cc1F. The van der Waals surface area contributed by atoms with Gasteiger partial charge in [0.25, 0.3) is 0 Å². The molecule has 0 spiro atoms. The van der Waals surface area contributed by atoms with Gasteiger partial charge in [-0.2, -0.15) is 0 Å². The Morgan fingerprint density at radius 1 is 1.04 bits per heavy atom. The second-order valence-corrected chi connectivity index (χ2v) is 7.48. The molecule has 1 fully saturated rings. The van der Waals surface area contributed by atoms with Gasteiger partial charge < -0.3 is 15.5 Å². The number of quaternary nitrogens is 1. The predicted molar refractivity (Wildman–Crippen MR) is 109 cm³/mol. The first kappa shape index (κ1) is 18.8. The average molecular weight is 373 g/mol. The molecule has 0 radical (unpaired) electrons. The van der Waals surface area contributed by atoms with Crippen molar-refractivity contribution in [1.82, 2.24) is 5.32 Å². The summed E-state index contributed by atoms with van der Waals surface area (Å²) in [5.41, 5.74) is 3.86. The molecule has 1 heterocycles. The summed E-state index contributed by atoms with van der Waals surface area (Å²) in [7, 11) is 0. The Balaban J connectivity index is 1.46. The third-order valence-corrected chi connectivity index (χ3v) is 5.17. The molecular formula is C21H27FN3S+. The maximum absolute atomic E-state index is 13.6. The third kappa shape index (κ3) is 5.51. The highest BCUT2D eigenvalue weighted by Crippen LogP contribution is 2.13. The first-order valence-electron chi connectivity index (χ1n) is 9.32. The van der Waals surface area contributed by atoms with Crippen molar-refractivity contribution in [3.8, 4) is 0 Å². The summed E-state index contributed by atoms with van der Waals surface area (Å²) in [6, 6.07) is 13.8. The van der Waals surface area contributed by atoms with E-state index in [1.807, 2.05) is 6.07 Å². The van der Waals surface area contributed by atoms with Crippen molar-refractivity contribution in [2.24, 2.45) is 0 Å². The summed E-state index contributed by atoms with van der Waals surface area (Å²) in [4.78, 5) is 1.69. The van der Waals surface area contributed by atoms with E-state index in [1.54, 1.807) is 17.9 Å². The quantitative estimate of drug-likeness (QED) is 0.704. The van der Waals surface area contributed by atoms with Crippen molar-refractivity contribution in [3.63, 3.8) is 0 Å². The minimum Gasteiger partial charge on any atom is -0.358 e. The number of benzene rings is 2. The number of nitrogens with one attached hydrogen (secondary N) is 3. The number of hydrogen-bond acceptors (Lipinski definition) is 1. The Morgan fingerprint density at radius 2 is 1.73 bits per heavy atom. The molecule has 2 aromatic rings. The summed E-state index contributed by atoms with van der Waals surface area (Å²) < 4.78 is 13.6. The van der Waals surface area contributed by atoms with Crippen LogP contribution in [0.2, 0.25) is 0 Å².